The number of rotatable bonds is 6. The van der Waals surface area contributed by atoms with E-state index in [2.05, 4.69) is 0 Å². The lowest BCUT2D eigenvalue weighted by Gasteiger charge is -2.24. The lowest BCUT2D eigenvalue weighted by Crippen LogP contribution is -2.43. The molecule has 0 saturated carbocycles. The topological polar surface area (TPSA) is 66.8 Å². The van der Waals surface area contributed by atoms with E-state index in [1.807, 2.05) is 12.1 Å². The van der Waals surface area contributed by atoms with Crippen LogP contribution in [-0.2, 0) is 16.0 Å². The number of nitrogens with zero attached hydrogens (tertiary/aromatic N) is 1. The Kier molecular flexibility index (Phi) is 5.07. The molecule has 114 valence electrons. The summed E-state index contributed by atoms with van der Waals surface area (Å²) in [6.45, 7) is 0.412. The Balaban J connectivity index is 2.12. The van der Waals surface area contributed by atoms with Gasteiger partial charge in [0.2, 0.25) is 5.91 Å². The molecule has 0 aromatic heterocycles. The summed E-state index contributed by atoms with van der Waals surface area (Å²) in [5.41, 5.74) is 0.852. The molecule has 1 saturated heterocycles. The summed E-state index contributed by atoms with van der Waals surface area (Å²) in [5, 5.41) is 9.42. The molecule has 0 aliphatic carbocycles. The second-order valence-electron chi connectivity index (χ2n) is 5.18. The number of amides is 1. The molecule has 1 heterocycles. The van der Waals surface area contributed by atoms with Crippen LogP contribution in [0, 0.1) is 5.92 Å². The highest BCUT2D eigenvalue weighted by Gasteiger charge is 2.37. The number of hydrogen-bond acceptors (Lipinski definition) is 3. The predicted octanol–water partition coefficient (Wildman–Crippen LogP) is 1.78. The van der Waals surface area contributed by atoms with Crippen LogP contribution in [0.5, 0.6) is 5.75 Å². The van der Waals surface area contributed by atoms with Gasteiger partial charge in [0.15, 0.2) is 0 Å². The fourth-order valence-electron chi connectivity index (χ4n) is 2.53. The summed E-state index contributed by atoms with van der Waals surface area (Å²) in [4.78, 5) is 24.9. The normalized spacial score (nSPS) is 19.6. The van der Waals surface area contributed by atoms with Gasteiger partial charge in [-0.1, -0.05) is 12.1 Å². The Labute approximate surface area is 128 Å². The van der Waals surface area contributed by atoms with Crippen molar-refractivity contribution in [2.24, 2.45) is 5.92 Å². The number of alkyl halides is 1. The van der Waals surface area contributed by atoms with E-state index in [-0.39, 0.29) is 18.2 Å². The van der Waals surface area contributed by atoms with Gasteiger partial charge >= 0.3 is 5.97 Å². The van der Waals surface area contributed by atoms with Crippen LogP contribution in [0.25, 0.3) is 0 Å². The van der Waals surface area contributed by atoms with E-state index >= 15 is 0 Å². The van der Waals surface area contributed by atoms with E-state index in [4.69, 9.17) is 16.3 Å². The third-order valence-corrected chi connectivity index (χ3v) is 4.14. The van der Waals surface area contributed by atoms with Crippen molar-refractivity contribution < 1.29 is 19.4 Å². The molecule has 21 heavy (non-hydrogen) atoms. The highest BCUT2D eigenvalue weighted by Crippen LogP contribution is 2.23. The Bertz CT molecular complexity index is 517. The Morgan fingerprint density at radius 1 is 1.48 bits per heavy atom. The minimum absolute atomic E-state index is 0.0388. The van der Waals surface area contributed by atoms with E-state index in [1.54, 1.807) is 19.2 Å². The number of ether oxygens (including phenoxy) is 1. The van der Waals surface area contributed by atoms with Gasteiger partial charge in [-0.3, -0.25) is 4.79 Å². The van der Waals surface area contributed by atoms with Crippen molar-refractivity contribution in [3.8, 4) is 5.75 Å². The molecule has 0 radical (unpaired) electrons. The maximum Gasteiger partial charge on any atom is 0.326 e. The summed E-state index contributed by atoms with van der Waals surface area (Å²) in [6, 6.07) is 6.34. The van der Waals surface area contributed by atoms with E-state index < -0.39 is 12.0 Å². The Morgan fingerprint density at radius 2 is 2.14 bits per heavy atom. The highest BCUT2D eigenvalue weighted by molar-refractivity contribution is 6.18. The molecule has 1 aromatic carbocycles. The van der Waals surface area contributed by atoms with Gasteiger partial charge in [0.25, 0.3) is 0 Å². The van der Waals surface area contributed by atoms with Gasteiger partial charge in [-0.25, -0.2) is 4.79 Å². The Hall–Kier alpha value is -1.75. The van der Waals surface area contributed by atoms with Crippen LogP contribution in [0.15, 0.2) is 24.3 Å². The summed E-state index contributed by atoms with van der Waals surface area (Å²) in [6.07, 6.45) is 0.607. The van der Waals surface area contributed by atoms with Crippen LogP contribution in [0.3, 0.4) is 0 Å². The van der Waals surface area contributed by atoms with Crippen molar-refractivity contribution >= 4 is 23.5 Å². The number of carboxylic acids is 1. The molecule has 1 aliphatic heterocycles. The van der Waals surface area contributed by atoms with Crippen molar-refractivity contribution in [3.05, 3.63) is 29.8 Å². The molecule has 5 nitrogen and oxygen atoms in total. The standard InChI is InChI=1S/C15H18ClNO4/c1-21-12-4-2-10(3-5-12)6-13(15(19)20)17-9-11(8-16)7-14(17)18/h2-5,11,13H,6-9H2,1H3,(H,19,20)/t11?,13-/m0/s1. The van der Waals surface area contributed by atoms with Crippen LogP contribution >= 0.6 is 11.6 Å². The molecule has 1 aromatic rings. The minimum Gasteiger partial charge on any atom is -0.497 e. The predicted molar refractivity (Wildman–Crippen MR) is 78.7 cm³/mol. The fraction of sp³-hybridized carbons (Fsp3) is 0.467. The zero-order valence-electron chi connectivity index (χ0n) is 11.8. The van der Waals surface area contributed by atoms with Crippen LogP contribution in [-0.4, -0.2) is 47.5 Å². The molecule has 1 unspecified atom stereocenters. The van der Waals surface area contributed by atoms with Crippen LogP contribution in [0.2, 0.25) is 0 Å². The van der Waals surface area contributed by atoms with Crippen molar-refractivity contribution in [1.82, 2.24) is 4.90 Å². The quantitative estimate of drug-likeness (QED) is 0.813. The van der Waals surface area contributed by atoms with Crippen LogP contribution < -0.4 is 4.74 Å². The van der Waals surface area contributed by atoms with E-state index in [0.29, 0.717) is 24.6 Å². The molecule has 2 rings (SSSR count). The van der Waals surface area contributed by atoms with Crippen LogP contribution in [0.4, 0.5) is 0 Å². The molecule has 0 bridgehead atoms. The minimum atomic E-state index is -0.991. The van der Waals surface area contributed by atoms with Gasteiger partial charge in [-0.2, -0.15) is 0 Å². The summed E-state index contributed by atoms with van der Waals surface area (Å²) >= 11 is 5.78. The van der Waals surface area contributed by atoms with Gasteiger partial charge < -0.3 is 14.7 Å². The highest BCUT2D eigenvalue weighted by atomic mass is 35.5. The number of benzene rings is 1. The lowest BCUT2D eigenvalue weighted by molar-refractivity contribution is -0.148. The number of halogens is 1. The van der Waals surface area contributed by atoms with E-state index in [0.717, 1.165) is 5.56 Å². The first kappa shape index (κ1) is 15.6. The Morgan fingerprint density at radius 3 is 2.62 bits per heavy atom. The molecule has 1 N–H and O–H groups in total. The van der Waals surface area contributed by atoms with Gasteiger partial charge in [0, 0.05) is 25.3 Å². The molecular weight excluding hydrogens is 294 g/mol. The molecule has 0 spiro atoms. The van der Waals surface area contributed by atoms with Gasteiger partial charge in [-0.05, 0) is 23.6 Å². The first-order valence-corrected chi connectivity index (χ1v) is 7.29. The molecule has 1 fully saturated rings. The van der Waals surface area contributed by atoms with E-state index in [9.17, 15) is 14.7 Å². The second kappa shape index (κ2) is 6.80. The number of carboxylic acid groups (broad SMARTS) is 1. The maximum absolute atomic E-state index is 12.0. The number of carbonyl (C=O) groups excluding carboxylic acids is 1. The average molecular weight is 312 g/mol. The number of hydrogen-bond donors (Lipinski definition) is 1. The zero-order valence-corrected chi connectivity index (χ0v) is 12.5. The number of likely N-dealkylation sites (tertiary alicyclic amines) is 1. The van der Waals surface area contributed by atoms with Gasteiger partial charge in [0.05, 0.1) is 7.11 Å². The monoisotopic (exact) mass is 311 g/mol. The maximum atomic E-state index is 12.0. The molecule has 6 heteroatoms. The zero-order chi connectivity index (χ0) is 15.4. The SMILES string of the molecule is COc1ccc(C[C@@H](C(=O)O)N2CC(CCl)CC2=O)cc1. The van der Waals surface area contributed by atoms with Crippen LogP contribution in [0.1, 0.15) is 12.0 Å². The third-order valence-electron chi connectivity index (χ3n) is 3.71. The fourth-order valence-corrected chi connectivity index (χ4v) is 2.74. The summed E-state index contributed by atoms with van der Waals surface area (Å²) in [5.74, 6) is -0.00479. The first-order valence-electron chi connectivity index (χ1n) is 6.76. The number of aliphatic carboxylic acids is 1. The van der Waals surface area contributed by atoms with Crippen molar-refractivity contribution in [2.45, 2.75) is 18.9 Å². The van der Waals surface area contributed by atoms with Crippen molar-refractivity contribution in [3.63, 3.8) is 0 Å². The first-order chi connectivity index (χ1) is 10.0. The largest absolute Gasteiger partial charge is 0.497 e. The third kappa shape index (κ3) is 3.67. The summed E-state index contributed by atoms with van der Waals surface area (Å²) in [7, 11) is 1.57. The van der Waals surface area contributed by atoms with Crippen molar-refractivity contribution in [2.75, 3.05) is 19.5 Å². The van der Waals surface area contributed by atoms with E-state index in [1.165, 1.54) is 4.90 Å². The molecule has 1 aliphatic rings. The molecule has 2 atom stereocenters. The van der Waals surface area contributed by atoms with Gasteiger partial charge in [-0.15, -0.1) is 11.6 Å². The molecule has 1 amide bonds. The van der Waals surface area contributed by atoms with Gasteiger partial charge in [0.1, 0.15) is 11.8 Å². The number of methoxy groups -OCH3 is 1. The van der Waals surface area contributed by atoms with Crippen molar-refractivity contribution in [1.29, 1.82) is 0 Å². The second-order valence-corrected chi connectivity index (χ2v) is 5.49. The smallest absolute Gasteiger partial charge is 0.326 e. The summed E-state index contributed by atoms with van der Waals surface area (Å²) < 4.78 is 5.07. The molecular formula is C15H18ClNO4. The number of carbonyl (C=O) groups is 2. The lowest BCUT2D eigenvalue weighted by atomic mass is 10.0. The average Bonchev–Trinajstić information content (AvgIpc) is 2.86.